The lowest BCUT2D eigenvalue weighted by molar-refractivity contribution is 0.0935. The number of nitrogens with zero attached hydrogens (tertiary/aromatic N) is 2. The number of para-hydroxylation sites is 3. The zero-order valence-electron chi connectivity index (χ0n) is 16.3. The minimum Gasteiger partial charge on any atom is -0.342 e. The third-order valence-electron chi connectivity index (χ3n) is 5.04. The molecule has 0 spiro atoms. The van der Waals surface area contributed by atoms with Crippen molar-refractivity contribution in [3.05, 3.63) is 76.3 Å². The van der Waals surface area contributed by atoms with Gasteiger partial charge in [0.05, 0.1) is 22.6 Å². The summed E-state index contributed by atoms with van der Waals surface area (Å²) < 4.78 is 2.02. The fourth-order valence-corrected chi connectivity index (χ4v) is 4.08. The van der Waals surface area contributed by atoms with Crippen LogP contribution in [0, 0.1) is 0 Å². The van der Waals surface area contributed by atoms with Gasteiger partial charge in [-0.15, -0.1) is 0 Å². The highest BCUT2D eigenvalue weighted by atomic mass is 32.2. The number of aryl methyl sites for hydroxylation is 1. The van der Waals surface area contributed by atoms with Crippen LogP contribution in [0.5, 0.6) is 0 Å². The molecule has 1 amide bonds. The van der Waals surface area contributed by atoms with Crippen LogP contribution in [0.2, 0.25) is 0 Å². The van der Waals surface area contributed by atoms with Crippen LogP contribution in [-0.2, 0) is 7.05 Å². The van der Waals surface area contributed by atoms with E-state index < -0.39 is 0 Å². The van der Waals surface area contributed by atoms with Gasteiger partial charge in [0, 0.05) is 24.0 Å². The van der Waals surface area contributed by atoms with E-state index >= 15 is 0 Å². The quantitative estimate of drug-likeness (QED) is 0.512. The maximum Gasteiger partial charge on any atom is 0.252 e. The summed E-state index contributed by atoms with van der Waals surface area (Å²) in [6, 6.07) is 16.3. The van der Waals surface area contributed by atoms with Crippen LogP contribution >= 0.6 is 11.8 Å². The normalized spacial score (nSPS) is 12.3. The predicted octanol–water partition coefficient (Wildman–Crippen LogP) is 3.64. The van der Waals surface area contributed by atoms with Crippen LogP contribution < -0.4 is 10.9 Å². The summed E-state index contributed by atoms with van der Waals surface area (Å²) in [6.07, 6.45) is 2.78. The molecule has 0 aliphatic heterocycles. The molecule has 7 heteroatoms. The predicted molar refractivity (Wildman–Crippen MR) is 118 cm³/mol. The molecule has 2 aromatic carbocycles. The summed E-state index contributed by atoms with van der Waals surface area (Å²) in [4.78, 5) is 32.8. The molecule has 0 fully saturated rings. The van der Waals surface area contributed by atoms with Crippen molar-refractivity contribution in [1.29, 1.82) is 0 Å². The highest BCUT2D eigenvalue weighted by Gasteiger charge is 2.22. The SMILES string of the molecule is CSCC[C@@H](NC(=O)c1cc(=O)[nH]c2ccccc12)c1nc2ccccc2n1C. The number of carbonyl (C=O) groups is 1. The van der Waals surface area contributed by atoms with Gasteiger partial charge < -0.3 is 14.9 Å². The van der Waals surface area contributed by atoms with E-state index in [2.05, 4.69) is 10.3 Å². The summed E-state index contributed by atoms with van der Waals surface area (Å²) >= 11 is 1.72. The Morgan fingerprint density at radius 3 is 2.76 bits per heavy atom. The van der Waals surface area contributed by atoms with Crippen molar-refractivity contribution < 1.29 is 4.79 Å². The van der Waals surface area contributed by atoms with Gasteiger partial charge in [0.1, 0.15) is 5.82 Å². The van der Waals surface area contributed by atoms with Gasteiger partial charge in [-0.3, -0.25) is 9.59 Å². The smallest absolute Gasteiger partial charge is 0.252 e. The van der Waals surface area contributed by atoms with E-state index in [-0.39, 0.29) is 17.5 Å². The number of benzene rings is 2. The third-order valence-corrected chi connectivity index (χ3v) is 5.69. The topological polar surface area (TPSA) is 79.8 Å². The fourth-order valence-electron chi connectivity index (χ4n) is 3.61. The van der Waals surface area contributed by atoms with Crippen molar-refractivity contribution in [2.45, 2.75) is 12.5 Å². The maximum atomic E-state index is 13.2. The summed E-state index contributed by atoms with van der Waals surface area (Å²) in [5.41, 5.74) is 2.64. The number of imidazole rings is 1. The number of hydrogen-bond acceptors (Lipinski definition) is 4. The number of amides is 1. The third kappa shape index (κ3) is 3.78. The van der Waals surface area contributed by atoms with Gasteiger partial charge in [0.15, 0.2) is 0 Å². The molecule has 29 heavy (non-hydrogen) atoms. The first-order valence-corrected chi connectivity index (χ1v) is 10.8. The Bertz CT molecular complexity index is 1240. The van der Waals surface area contributed by atoms with Gasteiger partial charge in [-0.2, -0.15) is 11.8 Å². The van der Waals surface area contributed by atoms with E-state index in [0.29, 0.717) is 11.1 Å². The molecule has 148 valence electrons. The Morgan fingerprint density at radius 1 is 1.21 bits per heavy atom. The molecule has 0 aliphatic carbocycles. The number of carbonyl (C=O) groups excluding carboxylic acids is 1. The first-order valence-electron chi connectivity index (χ1n) is 9.41. The minimum absolute atomic E-state index is 0.259. The second-order valence-corrected chi connectivity index (χ2v) is 7.90. The second kappa shape index (κ2) is 8.13. The molecule has 0 bridgehead atoms. The average molecular weight is 407 g/mol. The Labute approximate surface area is 172 Å². The molecule has 0 radical (unpaired) electrons. The van der Waals surface area contributed by atoms with Crippen LogP contribution in [0.4, 0.5) is 0 Å². The molecular formula is C22H22N4O2S. The minimum atomic E-state index is -0.294. The number of thioether (sulfide) groups is 1. The van der Waals surface area contributed by atoms with E-state index in [4.69, 9.17) is 4.98 Å². The summed E-state index contributed by atoms with van der Waals surface area (Å²) in [6.45, 7) is 0. The van der Waals surface area contributed by atoms with Gasteiger partial charge in [0.2, 0.25) is 5.56 Å². The van der Waals surface area contributed by atoms with Crippen molar-refractivity contribution in [3.8, 4) is 0 Å². The van der Waals surface area contributed by atoms with E-state index in [9.17, 15) is 9.59 Å². The van der Waals surface area contributed by atoms with Crippen molar-refractivity contribution in [3.63, 3.8) is 0 Å². The Morgan fingerprint density at radius 2 is 1.97 bits per heavy atom. The van der Waals surface area contributed by atoms with Crippen molar-refractivity contribution in [1.82, 2.24) is 19.9 Å². The van der Waals surface area contributed by atoms with E-state index in [1.165, 1.54) is 6.07 Å². The molecule has 0 saturated heterocycles. The Hall–Kier alpha value is -3.06. The molecular weight excluding hydrogens is 384 g/mol. The zero-order chi connectivity index (χ0) is 20.4. The molecule has 2 aromatic heterocycles. The molecule has 2 N–H and O–H groups in total. The molecule has 0 aliphatic rings. The highest BCUT2D eigenvalue weighted by molar-refractivity contribution is 7.98. The van der Waals surface area contributed by atoms with Gasteiger partial charge in [0.25, 0.3) is 5.91 Å². The molecule has 0 saturated carbocycles. The van der Waals surface area contributed by atoms with Crippen LogP contribution in [0.25, 0.3) is 21.9 Å². The number of rotatable bonds is 6. The molecule has 4 aromatic rings. The number of hydrogen-bond donors (Lipinski definition) is 2. The van der Waals surface area contributed by atoms with Crippen molar-refractivity contribution >= 4 is 39.6 Å². The molecule has 2 heterocycles. The lowest BCUT2D eigenvalue weighted by atomic mass is 10.1. The van der Waals surface area contributed by atoms with Crippen molar-refractivity contribution in [2.75, 3.05) is 12.0 Å². The second-order valence-electron chi connectivity index (χ2n) is 6.92. The molecule has 4 rings (SSSR count). The largest absolute Gasteiger partial charge is 0.342 e. The maximum absolute atomic E-state index is 13.2. The van der Waals surface area contributed by atoms with E-state index in [1.807, 2.05) is 60.3 Å². The van der Waals surface area contributed by atoms with Gasteiger partial charge >= 0.3 is 0 Å². The van der Waals surface area contributed by atoms with Crippen molar-refractivity contribution in [2.24, 2.45) is 7.05 Å². The van der Waals surface area contributed by atoms with Crippen LogP contribution in [-0.4, -0.2) is 32.5 Å². The summed E-state index contributed by atoms with van der Waals surface area (Å²) in [5.74, 6) is 1.41. The summed E-state index contributed by atoms with van der Waals surface area (Å²) in [7, 11) is 1.96. The number of aromatic amines is 1. The number of fused-ring (bicyclic) bond motifs is 2. The van der Waals surface area contributed by atoms with Gasteiger partial charge in [-0.25, -0.2) is 4.98 Å². The standard InChI is InChI=1S/C22H22N4O2S/c1-26-19-10-6-5-9-17(19)24-21(26)18(11-12-29-2)25-22(28)15-13-20(27)23-16-8-4-3-7-14(15)16/h3-10,13,18H,11-12H2,1-2H3,(H,23,27)(H,25,28)/t18-/m1/s1. The van der Waals surface area contributed by atoms with Gasteiger partial charge in [-0.1, -0.05) is 30.3 Å². The van der Waals surface area contributed by atoms with E-state index in [1.54, 1.807) is 17.8 Å². The monoisotopic (exact) mass is 406 g/mol. The Kier molecular flexibility index (Phi) is 5.40. The molecule has 1 atom stereocenters. The molecule has 6 nitrogen and oxygen atoms in total. The Balaban J connectivity index is 1.73. The lowest BCUT2D eigenvalue weighted by Crippen LogP contribution is -2.31. The lowest BCUT2D eigenvalue weighted by Gasteiger charge is -2.19. The zero-order valence-corrected chi connectivity index (χ0v) is 17.1. The van der Waals surface area contributed by atoms with Gasteiger partial charge in [-0.05, 0) is 36.6 Å². The van der Waals surface area contributed by atoms with Crippen LogP contribution in [0.15, 0.2) is 59.4 Å². The molecule has 0 unspecified atom stereocenters. The summed E-state index contributed by atoms with van der Waals surface area (Å²) in [5, 5.41) is 3.84. The van der Waals surface area contributed by atoms with Crippen LogP contribution in [0.3, 0.4) is 0 Å². The first-order chi connectivity index (χ1) is 14.1. The fraction of sp³-hybridized carbons (Fsp3) is 0.227. The van der Waals surface area contributed by atoms with Crippen LogP contribution in [0.1, 0.15) is 28.6 Å². The number of aromatic nitrogens is 3. The van der Waals surface area contributed by atoms with E-state index in [0.717, 1.165) is 34.4 Å². The highest BCUT2D eigenvalue weighted by Crippen LogP contribution is 2.24. The first kappa shape index (κ1) is 19.3. The number of nitrogens with one attached hydrogen (secondary N) is 2. The average Bonchev–Trinajstić information content (AvgIpc) is 3.07. The number of pyridine rings is 1. The number of H-pyrrole nitrogens is 1.